The molecule has 0 aliphatic heterocycles. The lowest BCUT2D eigenvalue weighted by molar-refractivity contribution is -0.142. The minimum atomic E-state index is -4.61. The van der Waals surface area contributed by atoms with Gasteiger partial charge < -0.3 is 8.94 Å². The van der Waals surface area contributed by atoms with E-state index in [1.807, 2.05) is 30.3 Å². The summed E-state index contributed by atoms with van der Waals surface area (Å²) in [5.74, 6) is 0.420. The number of hydrogen-bond acceptors (Lipinski definition) is 5. The van der Waals surface area contributed by atoms with Crippen molar-refractivity contribution in [2.75, 3.05) is 0 Å². The minimum absolute atomic E-state index is 0.0427. The fraction of sp³-hybridized carbons (Fsp3) is 0.450. The largest absolute Gasteiger partial charge is 0.444 e. The number of hydrogen-bond donors (Lipinski definition) is 0. The Balaban J connectivity index is 1.94. The molecule has 28 heavy (non-hydrogen) atoms. The number of benzene rings is 1. The van der Waals surface area contributed by atoms with Gasteiger partial charge in [-0.1, -0.05) is 70.1 Å². The zero-order valence-corrected chi connectivity index (χ0v) is 16.4. The number of rotatable bonds is 4. The van der Waals surface area contributed by atoms with Crippen molar-refractivity contribution >= 4 is 0 Å². The molecular formula is C20H22F3N3O2. The lowest BCUT2D eigenvalue weighted by Crippen LogP contribution is -2.23. The molecule has 0 atom stereocenters. The Kier molecular flexibility index (Phi) is 4.85. The predicted octanol–water partition coefficient (Wildman–Crippen LogP) is 5.56. The fourth-order valence-electron chi connectivity index (χ4n) is 2.69. The van der Waals surface area contributed by atoms with E-state index in [4.69, 9.17) is 8.94 Å². The molecule has 0 aliphatic carbocycles. The van der Waals surface area contributed by atoms with E-state index in [-0.39, 0.29) is 24.0 Å². The molecule has 0 radical (unpaired) electrons. The van der Waals surface area contributed by atoms with Gasteiger partial charge in [0.25, 0.3) is 0 Å². The SMILES string of the molecule is CC(C)(C)c1nc(C(F)(F)F)c(CC(C)(C)c2nc(-c3ccccc3)no2)o1. The Hall–Kier alpha value is -2.64. The van der Waals surface area contributed by atoms with Gasteiger partial charge in [-0.15, -0.1) is 0 Å². The third-order valence-corrected chi connectivity index (χ3v) is 4.25. The maximum Gasteiger partial charge on any atom is 0.436 e. The van der Waals surface area contributed by atoms with E-state index in [9.17, 15) is 13.2 Å². The number of aromatic nitrogens is 3. The van der Waals surface area contributed by atoms with E-state index < -0.39 is 22.7 Å². The highest BCUT2D eigenvalue weighted by Gasteiger charge is 2.42. The summed E-state index contributed by atoms with van der Waals surface area (Å²) in [5.41, 5.74) is -1.77. The number of halogens is 3. The molecule has 0 fully saturated rings. The normalized spacial score (nSPS) is 13.1. The molecule has 150 valence electrons. The van der Waals surface area contributed by atoms with Crippen molar-refractivity contribution in [2.45, 2.75) is 58.0 Å². The Labute approximate surface area is 161 Å². The first-order valence-corrected chi connectivity index (χ1v) is 8.85. The molecule has 2 heterocycles. The van der Waals surface area contributed by atoms with Crippen molar-refractivity contribution in [3.63, 3.8) is 0 Å². The molecule has 3 rings (SSSR count). The van der Waals surface area contributed by atoms with Gasteiger partial charge in [0.15, 0.2) is 11.6 Å². The summed E-state index contributed by atoms with van der Waals surface area (Å²) in [6.45, 7) is 8.71. The summed E-state index contributed by atoms with van der Waals surface area (Å²) < 4.78 is 51.3. The van der Waals surface area contributed by atoms with Crippen LogP contribution in [0.4, 0.5) is 13.2 Å². The van der Waals surface area contributed by atoms with Crippen LogP contribution >= 0.6 is 0 Å². The van der Waals surface area contributed by atoms with Gasteiger partial charge in [-0.2, -0.15) is 18.2 Å². The van der Waals surface area contributed by atoms with E-state index in [2.05, 4.69) is 15.1 Å². The van der Waals surface area contributed by atoms with Gasteiger partial charge in [0, 0.05) is 17.4 Å². The second kappa shape index (κ2) is 6.76. The lowest BCUT2D eigenvalue weighted by Gasteiger charge is -2.19. The second-order valence-corrected chi connectivity index (χ2v) is 8.39. The van der Waals surface area contributed by atoms with Crippen molar-refractivity contribution in [3.8, 4) is 11.4 Å². The third-order valence-electron chi connectivity index (χ3n) is 4.25. The fourth-order valence-corrected chi connectivity index (χ4v) is 2.69. The zero-order chi connectivity index (χ0) is 20.7. The Morgan fingerprint density at radius 2 is 1.54 bits per heavy atom. The summed E-state index contributed by atoms with van der Waals surface area (Å²) >= 11 is 0. The molecule has 0 spiro atoms. The van der Waals surface area contributed by atoms with Crippen molar-refractivity contribution in [1.29, 1.82) is 0 Å². The van der Waals surface area contributed by atoms with E-state index in [1.165, 1.54) is 0 Å². The zero-order valence-electron chi connectivity index (χ0n) is 16.4. The molecule has 0 saturated carbocycles. The molecule has 1 aromatic carbocycles. The highest BCUT2D eigenvalue weighted by molar-refractivity contribution is 5.53. The maximum atomic E-state index is 13.5. The van der Waals surface area contributed by atoms with Crippen LogP contribution in [-0.4, -0.2) is 15.1 Å². The van der Waals surface area contributed by atoms with Crippen LogP contribution in [0.5, 0.6) is 0 Å². The summed E-state index contributed by atoms with van der Waals surface area (Å²) in [5, 5.41) is 3.96. The highest BCUT2D eigenvalue weighted by Crippen LogP contribution is 2.38. The molecule has 5 nitrogen and oxygen atoms in total. The molecule has 0 saturated heterocycles. The van der Waals surface area contributed by atoms with Gasteiger partial charge in [-0.05, 0) is 0 Å². The molecule has 0 amide bonds. The summed E-state index contributed by atoms with van der Waals surface area (Å²) in [6.07, 6.45) is -4.69. The maximum absolute atomic E-state index is 13.5. The molecule has 3 aromatic rings. The smallest absolute Gasteiger partial charge is 0.436 e. The van der Waals surface area contributed by atoms with Crippen LogP contribution in [0.3, 0.4) is 0 Å². The average Bonchev–Trinajstić information content (AvgIpc) is 3.21. The lowest BCUT2D eigenvalue weighted by atomic mass is 9.87. The standard InChI is InChI=1S/C20H22F3N3O2/c1-18(2,3)16-24-14(20(21,22)23)13(27-16)11-19(4,5)17-25-15(26-28-17)12-9-7-6-8-10-12/h6-10H,11H2,1-5H3. The monoisotopic (exact) mass is 393 g/mol. The van der Waals surface area contributed by atoms with Crippen LogP contribution in [0, 0.1) is 0 Å². The molecule has 2 aromatic heterocycles. The van der Waals surface area contributed by atoms with Crippen molar-refractivity contribution in [3.05, 3.63) is 53.6 Å². The molecule has 0 aliphatic rings. The van der Waals surface area contributed by atoms with Gasteiger partial charge in [0.1, 0.15) is 5.76 Å². The quantitative estimate of drug-likeness (QED) is 0.580. The Morgan fingerprint density at radius 3 is 2.11 bits per heavy atom. The van der Waals surface area contributed by atoms with Crippen molar-refractivity contribution in [2.24, 2.45) is 0 Å². The molecular weight excluding hydrogens is 371 g/mol. The summed E-state index contributed by atoms with van der Waals surface area (Å²) in [7, 11) is 0. The van der Waals surface area contributed by atoms with Crippen molar-refractivity contribution < 1.29 is 22.1 Å². The van der Waals surface area contributed by atoms with Gasteiger partial charge in [-0.3, -0.25) is 0 Å². The van der Waals surface area contributed by atoms with Gasteiger partial charge in [-0.25, -0.2) is 4.98 Å². The summed E-state index contributed by atoms with van der Waals surface area (Å²) in [4.78, 5) is 8.10. The third kappa shape index (κ3) is 4.10. The Morgan fingerprint density at radius 1 is 0.893 bits per heavy atom. The van der Waals surface area contributed by atoms with Gasteiger partial charge in [0.2, 0.25) is 11.7 Å². The molecule has 0 bridgehead atoms. The van der Waals surface area contributed by atoms with Crippen LogP contribution < -0.4 is 0 Å². The first-order chi connectivity index (χ1) is 12.9. The van der Waals surface area contributed by atoms with E-state index >= 15 is 0 Å². The molecule has 8 heteroatoms. The number of oxazole rings is 1. The Bertz CT molecular complexity index is 951. The van der Waals surface area contributed by atoms with Crippen LogP contribution in [0.1, 0.15) is 57.9 Å². The van der Waals surface area contributed by atoms with Crippen LogP contribution in [0.25, 0.3) is 11.4 Å². The number of alkyl halides is 3. The van der Waals surface area contributed by atoms with Gasteiger partial charge in [0.05, 0.1) is 5.41 Å². The van der Waals surface area contributed by atoms with Crippen LogP contribution in [0.15, 0.2) is 39.3 Å². The van der Waals surface area contributed by atoms with E-state index in [0.717, 1.165) is 5.56 Å². The van der Waals surface area contributed by atoms with Gasteiger partial charge >= 0.3 is 6.18 Å². The molecule has 0 unspecified atom stereocenters. The minimum Gasteiger partial charge on any atom is -0.444 e. The average molecular weight is 393 g/mol. The van der Waals surface area contributed by atoms with Crippen LogP contribution in [0.2, 0.25) is 0 Å². The first kappa shape index (κ1) is 20.1. The van der Waals surface area contributed by atoms with E-state index in [0.29, 0.717) is 5.82 Å². The highest BCUT2D eigenvalue weighted by atomic mass is 19.4. The van der Waals surface area contributed by atoms with Crippen LogP contribution in [-0.2, 0) is 23.4 Å². The first-order valence-electron chi connectivity index (χ1n) is 8.85. The number of nitrogens with zero attached hydrogens (tertiary/aromatic N) is 3. The topological polar surface area (TPSA) is 65.0 Å². The van der Waals surface area contributed by atoms with Crippen molar-refractivity contribution in [1.82, 2.24) is 15.1 Å². The summed E-state index contributed by atoms with van der Waals surface area (Å²) in [6, 6.07) is 9.21. The molecule has 0 N–H and O–H groups in total. The second-order valence-electron chi connectivity index (χ2n) is 8.39. The predicted molar refractivity (Wildman–Crippen MR) is 96.7 cm³/mol. The van der Waals surface area contributed by atoms with E-state index in [1.54, 1.807) is 34.6 Å².